The number of amides is 2. The van der Waals surface area contributed by atoms with Gasteiger partial charge >= 0.3 is 12.0 Å². The van der Waals surface area contributed by atoms with E-state index < -0.39 is 11.9 Å². The first-order valence-electron chi connectivity index (χ1n) is 8.02. The molecule has 1 atom stereocenters. The van der Waals surface area contributed by atoms with Crippen molar-refractivity contribution in [2.24, 2.45) is 5.92 Å². The lowest BCUT2D eigenvalue weighted by Crippen LogP contribution is -2.48. The molecule has 3 rings (SSSR count). The lowest BCUT2D eigenvalue weighted by molar-refractivity contribution is -0.143. The summed E-state index contributed by atoms with van der Waals surface area (Å²) < 4.78 is 1.05. The van der Waals surface area contributed by atoms with Gasteiger partial charge in [-0.15, -0.1) is 0 Å². The maximum Gasteiger partial charge on any atom is 0.317 e. The van der Waals surface area contributed by atoms with E-state index in [1.165, 1.54) is 5.56 Å². The summed E-state index contributed by atoms with van der Waals surface area (Å²) in [6, 6.07) is 8.09. The van der Waals surface area contributed by atoms with Crippen LogP contribution in [0.4, 0.5) is 4.79 Å². The van der Waals surface area contributed by atoms with Crippen molar-refractivity contribution < 1.29 is 14.7 Å². The van der Waals surface area contributed by atoms with Crippen LogP contribution in [0.5, 0.6) is 0 Å². The second-order valence-corrected chi connectivity index (χ2v) is 7.49. The van der Waals surface area contributed by atoms with Crippen LogP contribution in [0.25, 0.3) is 0 Å². The number of urea groups is 1. The summed E-state index contributed by atoms with van der Waals surface area (Å²) in [4.78, 5) is 25.1. The van der Waals surface area contributed by atoms with Gasteiger partial charge in [-0.05, 0) is 43.4 Å². The van der Waals surface area contributed by atoms with Gasteiger partial charge in [-0.25, -0.2) is 4.79 Å². The number of carbonyl (C=O) groups is 2. The number of nitrogens with zero attached hydrogens (tertiary/aromatic N) is 1. The van der Waals surface area contributed by atoms with Gasteiger partial charge < -0.3 is 15.3 Å². The molecule has 1 aromatic carbocycles. The third kappa shape index (κ3) is 3.68. The maximum atomic E-state index is 12.4. The molecule has 1 saturated heterocycles. The fourth-order valence-corrected chi connectivity index (χ4v) is 3.66. The number of aliphatic carboxylic acids is 1. The number of halogens is 1. The first-order chi connectivity index (χ1) is 11.0. The average Bonchev–Trinajstić information content (AvgIpc) is 3.34. The molecule has 2 fully saturated rings. The Morgan fingerprint density at radius 3 is 2.83 bits per heavy atom. The van der Waals surface area contributed by atoms with E-state index in [2.05, 4.69) is 33.4 Å². The van der Waals surface area contributed by atoms with Crippen molar-refractivity contribution >= 4 is 27.9 Å². The minimum absolute atomic E-state index is 0.0431. The number of rotatable bonds is 4. The number of carbonyl (C=O) groups excluding carboxylic acids is 1. The number of piperidine rings is 1. The predicted octanol–water partition coefficient (Wildman–Crippen LogP) is 2.99. The van der Waals surface area contributed by atoms with Gasteiger partial charge in [0, 0.05) is 29.5 Å². The van der Waals surface area contributed by atoms with Crippen LogP contribution in [0.3, 0.4) is 0 Å². The van der Waals surface area contributed by atoms with Crippen LogP contribution in [0.1, 0.15) is 31.2 Å². The Balaban J connectivity index is 1.58. The zero-order valence-electron chi connectivity index (χ0n) is 12.9. The summed E-state index contributed by atoms with van der Waals surface area (Å²) >= 11 is 3.49. The molecule has 1 heterocycles. The summed E-state index contributed by atoms with van der Waals surface area (Å²) in [5.74, 6) is -1.25. The van der Waals surface area contributed by atoms with E-state index in [1.807, 2.05) is 12.1 Å². The molecule has 2 amide bonds. The molecule has 0 bridgehead atoms. The van der Waals surface area contributed by atoms with Crippen LogP contribution >= 0.6 is 15.9 Å². The van der Waals surface area contributed by atoms with Gasteiger partial charge in [-0.2, -0.15) is 0 Å². The normalized spacial score (nSPS) is 22.5. The Hall–Kier alpha value is -1.56. The molecule has 0 aromatic heterocycles. The summed E-state index contributed by atoms with van der Waals surface area (Å²) in [5.41, 5.74) is 1.29. The smallest absolute Gasteiger partial charge is 0.317 e. The molecule has 23 heavy (non-hydrogen) atoms. The van der Waals surface area contributed by atoms with Crippen LogP contribution in [0.15, 0.2) is 28.7 Å². The van der Waals surface area contributed by atoms with Gasteiger partial charge in [-0.3, -0.25) is 4.79 Å². The number of carboxylic acids is 1. The Labute approximate surface area is 144 Å². The molecule has 0 spiro atoms. The number of hydrogen-bond acceptors (Lipinski definition) is 2. The monoisotopic (exact) mass is 380 g/mol. The minimum atomic E-state index is -0.810. The second-order valence-electron chi connectivity index (χ2n) is 6.57. The van der Waals surface area contributed by atoms with Gasteiger partial charge in [0.25, 0.3) is 0 Å². The third-order valence-electron chi connectivity index (χ3n) is 4.93. The topological polar surface area (TPSA) is 69.6 Å². The van der Waals surface area contributed by atoms with Gasteiger partial charge in [0.05, 0.1) is 5.92 Å². The number of benzene rings is 1. The number of nitrogens with one attached hydrogen (secondary N) is 1. The number of likely N-dealkylation sites (tertiary alicyclic amines) is 1. The largest absolute Gasteiger partial charge is 0.481 e. The van der Waals surface area contributed by atoms with E-state index in [0.29, 0.717) is 26.1 Å². The Morgan fingerprint density at radius 1 is 1.39 bits per heavy atom. The summed E-state index contributed by atoms with van der Waals surface area (Å²) in [6.07, 6.45) is 3.55. The van der Waals surface area contributed by atoms with E-state index in [4.69, 9.17) is 5.11 Å². The van der Waals surface area contributed by atoms with Crippen LogP contribution in [-0.4, -0.2) is 41.6 Å². The standard InChI is InChI=1S/C17H21BrN2O3/c18-14-5-1-4-13(9-14)17(6-7-17)11-19-16(23)20-8-2-3-12(10-20)15(21)22/h1,4-5,9,12H,2-3,6-8,10-11H2,(H,19,23)(H,21,22). The highest BCUT2D eigenvalue weighted by molar-refractivity contribution is 9.10. The second kappa shape index (κ2) is 6.51. The number of carboxylic acid groups (broad SMARTS) is 1. The van der Waals surface area contributed by atoms with E-state index in [1.54, 1.807) is 4.90 Å². The fraction of sp³-hybridized carbons (Fsp3) is 0.529. The Kier molecular flexibility index (Phi) is 4.62. The Bertz CT molecular complexity index is 616. The zero-order chi connectivity index (χ0) is 16.4. The van der Waals surface area contributed by atoms with Crippen molar-refractivity contribution in [3.05, 3.63) is 34.3 Å². The van der Waals surface area contributed by atoms with Gasteiger partial charge in [0.15, 0.2) is 0 Å². The lowest BCUT2D eigenvalue weighted by Gasteiger charge is -2.31. The molecule has 1 aliphatic carbocycles. The highest BCUT2D eigenvalue weighted by Gasteiger charge is 2.44. The molecular weight excluding hydrogens is 360 g/mol. The van der Waals surface area contributed by atoms with Gasteiger partial charge in [0.2, 0.25) is 0 Å². The van der Waals surface area contributed by atoms with Gasteiger partial charge in [-0.1, -0.05) is 28.1 Å². The van der Waals surface area contributed by atoms with Crippen molar-refractivity contribution in [1.29, 1.82) is 0 Å². The molecule has 1 unspecified atom stereocenters. The minimum Gasteiger partial charge on any atom is -0.481 e. The summed E-state index contributed by atoms with van der Waals surface area (Å²) in [7, 11) is 0. The van der Waals surface area contributed by atoms with E-state index in [9.17, 15) is 9.59 Å². The molecule has 2 N–H and O–H groups in total. The summed E-state index contributed by atoms with van der Waals surface area (Å²) in [5, 5.41) is 12.1. The van der Waals surface area contributed by atoms with Crippen LogP contribution in [-0.2, 0) is 10.2 Å². The molecule has 1 aliphatic heterocycles. The zero-order valence-corrected chi connectivity index (χ0v) is 14.5. The van der Waals surface area contributed by atoms with Gasteiger partial charge in [0.1, 0.15) is 0 Å². The predicted molar refractivity (Wildman–Crippen MR) is 90.4 cm³/mol. The molecule has 1 saturated carbocycles. The van der Waals surface area contributed by atoms with Crippen molar-refractivity contribution in [2.75, 3.05) is 19.6 Å². The van der Waals surface area contributed by atoms with E-state index in [-0.39, 0.29) is 11.4 Å². The highest BCUT2D eigenvalue weighted by atomic mass is 79.9. The quantitative estimate of drug-likeness (QED) is 0.843. The van der Waals surface area contributed by atoms with Crippen molar-refractivity contribution in [3.8, 4) is 0 Å². The summed E-state index contributed by atoms with van der Waals surface area (Å²) in [6.45, 7) is 1.56. The first kappa shape index (κ1) is 16.3. The fourth-order valence-electron chi connectivity index (χ4n) is 3.26. The van der Waals surface area contributed by atoms with Crippen LogP contribution in [0.2, 0.25) is 0 Å². The molecule has 0 radical (unpaired) electrons. The average molecular weight is 381 g/mol. The third-order valence-corrected chi connectivity index (χ3v) is 5.42. The van der Waals surface area contributed by atoms with Crippen molar-refractivity contribution in [3.63, 3.8) is 0 Å². The SMILES string of the molecule is O=C(O)C1CCCN(C(=O)NCC2(c3cccc(Br)c3)CC2)C1. The molecule has 6 heteroatoms. The van der Waals surface area contributed by atoms with Crippen molar-refractivity contribution in [2.45, 2.75) is 31.1 Å². The molecule has 124 valence electrons. The molecular formula is C17H21BrN2O3. The van der Waals surface area contributed by atoms with E-state index >= 15 is 0 Å². The Morgan fingerprint density at radius 2 is 2.17 bits per heavy atom. The highest BCUT2D eigenvalue weighted by Crippen LogP contribution is 2.48. The molecule has 5 nitrogen and oxygen atoms in total. The van der Waals surface area contributed by atoms with Crippen LogP contribution < -0.4 is 5.32 Å². The van der Waals surface area contributed by atoms with E-state index in [0.717, 1.165) is 23.7 Å². The molecule has 1 aromatic rings. The van der Waals surface area contributed by atoms with Crippen LogP contribution in [0, 0.1) is 5.92 Å². The number of hydrogen-bond donors (Lipinski definition) is 2. The molecule has 2 aliphatic rings. The van der Waals surface area contributed by atoms with Crippen molar-refractivity contribution in [1.82, 2.24) is 10.2 Å². The maximum absolute atomic E-state index is 12.4. The lowest BCUT2D eigenvalue weighted by atomic mass is 9.96. The first-order valence-corrected chi connectivity index (χ1v) is 8.81.